The van der Waals surface area contributed by atoms with E-state index in [9.17, 15) is 20.0 Å². The minimum atomic E-state index is -1.02. The van der Waals surface area contributed by atoms with Crippen LogP contribution in [-0.2, 0) is 11.2 Å². The van der Waals surface area contributed by atoms with E-state index in [0.717, 1.165) is 18.4 Å². The highest BCUT2D eigenvalue weighted by atomic mass is 32.1. The summed E-state index contributed by atoms with van der Waals surface area (Å²) in [6.07, 6.45) is 1.79. The first-order valence-corrected chi connectivity index (χ1v) is 8.22. The molecule has 0 radical (unpaired) electrons. The van der Waals surface area contributed by atoms with Crippen molar-refractivity contribution in [2.24, 2.45) is 5.92 Å². The maximum atomic E-state index is 12.2. The van der Waals surface area contributed by atoms with Crippen LogP contribution >= 0.6 is 11.3 Å². The van der Waals surface area contributed by atoms with Gasteiger partial charge < -0.3 is 10.4 Å². The van der Waals surface area contributed by atoms with Gasteiger partial charge in [-0.3, -0.25) is 9.69 Å². The van der Waals surface area contributed by atoms with Crippen molar-refractivity contribution in [1.82, 2.24) is 0 Å². The molecule has 0 spiro atoms. The third kappa shape index (κ3) is 2.92. The molecule has 2 heterocycles. The molecule has 0 bridgehead atoms. The fourth-order valence-corrected chi connectivity index (χ4v) is 3.90. The van der Waals surface area contributed by atoms with E-state index in [4.69, 9.17) is 0 Å². The lowest BCUT2D eigenvalue weighted by Crippen LogP contribution is -2.33. The summed E-state index contributed by atoms with van der Waals surface area (Å²) in [7, 11) is 0. The van der Waals surface area contributed by atoms with Crippen molar-refractivity contribution in [1.29, 1.82) is 5.26 Å². The highest BCUT2D eigenvalue weighted by Crippen LogP contribution is 2.43. The normalized spacial score (nSPS) is 13.6. The number of hydrogen-bond donors (Lipinski definition) is 2. The zero-order valence-corrected chi connectivity index (χ0v) is 13.5. The largest absolute Gasteiger partial charge is 0.465 e. The Morgan fingerprint density at radius 3 is 2.68 bits per heavy atom. The zero-order valence-electron chi connectivity index (χ0n) is 12.7. The zero-order chi connectivity index (χ0) is 16.3. The third-order valence-electron chi connectivity index (χ3n) is 3.98. The maximum absolute atomic E-state index is 12.2. The first-order chi connectivity index (χ1) is 10.5. The molecule has 1 aliphatic rings. The first kappa shape index (κ1) is 16.3. The van der Waals surface area contributed by atoms with E-state index >= 15 is 0 Å². The molecule has 1 aliphatic heterocycles. The number of rotatable bonds is 4. The van der Waals surface area contributed by atoms with Crippen LogP contribution in [0.25, 0.3) is 0 Å². The SMILES string of the molecule is CCC(CC)C(=O)Nc1sc2c(c1C#N)CCCN2C(=O)O. The average Bonchev–Trinajstić information content (AvgIpc) is 2.84. The van der Waals surface area contributed by atoms with E-state index in [2.05, 4.69) is 11.4 Å². The highest BCUT2D eigenvalue weighted by Gasteiger charge is 2.30. The predicted molar refractivity (Wildman–Crippen MR) is 85.4 cm³/mol. The van der Waals surface area contributed by atoms with Crippen molar-refractivity contribution in [2.75, 3.05) is 16.8 Å². The van der Waals surface area contributed by atoms with Crippen molar-refractivity contribution in [2.45, 2.75) is 39.5 Å². The molecule has 1 aromatic heterocycles. The molecule has 22 heavy (non-hydrogen) atoms. The monoisotopic (exact) mass is 321 g/mol. The standard InChI is InChI=1S/C15H19N3O3S/c1-3-9(4-2)12(19)17-13-11(8-16)10-6-5-7-18(15(20)21)14(10)22-13/h9H,3-7H2,1-2H3,(H,17,19)(H,20,21). The van der Waals surface area contributed by atoms with Crippen LogP contribution < -0.4 is 10.2 Å². The van der Waals surface area contributed by atoms with Crippen LogP contribution in [0.5, 0.6) is 0 Å². The summed E-state index contributed by atoms with van der Waals surface area (Å²) in [4.78, 5) is 24.8. The van der Waals surface area contributed by atoms with Gasteiger partial charge >= 0.3 is 6.09 Å². The summed E-state index contributed by atoms with van der Waals surface area (Å²) in [6.45, 7) is 4.32. The predicted octanol–water partition coefficient (Wildman–Crippen LogP) is 3.43. The first-order valence-electron chi connectivity index (χ1n) is 7.40. The molecule has 0 saturated heterocycles. The molecule has 0 unspecified atom stereocenters. The van der Waals surface area contributed by atoms with Crippen LogP contribution in [0.4, 0.5) is 14.8 Å². The third-order valence-corrected chi connectivity index (χ3v) is 5.15. The molecule has 6 nitrogen and oxygen atoms in total. The number of nitrogens with zero attached hydrogens (tertiary/aromatic N) is 2. The quantitative estimate of drug-likeness (QED) is 0.888. The average molecular weight is 321 g/mol. The lowest BCUT2D eigenvalue weighted by atomic mass is 10.0. The summed E-state index contributed by atoms with van der Waals surface area (Å²) < 4.78 is 0. The van der Waals surface area contributed by atoms with E-state index < -0.39 is 6.09 Å². The minimum absolute atomic E-state index is 0.0961. The van der Waals surface area contributed by atoms with Gasteiger partial charge in [-0.25, -0.2) is 4.79 Å². The van der Waals surface area contributed by atoms with Crippen molar-refractivity contribution in [3.8, 4) is 6.07 Å². The van der Waals surface area contributed by atoms with Gasteiger partial charge in [-0.1, -0.05) is 25.2 Å². The van der Waals surface area contributed by atoms with Gasteiger partial charge in [0.1, 0.15) is 16.1 Å². The highest BCUT2D eigenvalue weighted by molar-refractivity contribution is 7.20. The Kier molecular flexibility index (Phi) is 5.03. The summed E-state index contributed by atoms with van der Waals surface area (Å²) >= 11 is 1.18. The van der Waals surface area contributed by atoms with Crippen molar-refractivity contribution >= 4 is 33.3 Å². The molecule has 0 fully saturated rings. The molecule has 7 heteroatoms. The Labute approximate surface area is 133 Å². The van der Waals surface area contributed by atoms with Crippen molar-refractivity contribution < 1.29 is 14.7 Å². The number of carboxylic acid groups (broad SMARTS) is 1. The molecule has 0 aliphatic carbocycles. The number of nitrogens with one attached hydrogen (secondary N) is 1. The van der Waals surface area contributed by atoms with Crippen molar-refractivity contribution in [3.63, 3.8) is 0 Å². The molecule has 2 amide bonds. The number of fused-ring (bicyclic) bond motifs is 1. The van der Waals surface area contributed by atoms with Crippen LogP contribution in [0.15, 0.2) is 0 Å². The molecule has 2 rings (SSSR count). The second kappa shape index (κ2) is 6.79. The molecular formula is C15H19N3O3S. The van der Waals surface area contributed by atoms with Crippen LogP contribution in [0, 0.1) is 17.2 Å². The van der Waals surface area contributed by atoms with Gasteiger partial charge in [-0.05, 0) is 25.7 Å². The molecule has 118 valence electrons. The van der Waals surface area contributed by atoms with Gasteiger partial charge in [0, 0.05) is 18.0 Å². The summed E-state index contributed by atoms with van der Waals surface area (Å²) in [5.41, 5.74) is 1.14. The van der Waals surface area contributed by atoms with Gasteiger partial charge in [0.25, 0.3) is 0 Å². The Hall–Kier alpha value is -2.07. The number of thiophene rings is 1. The van der Waals surface area contributed by atoms with Gasteiger partial charge in [0.05, 0.1) is 5.56 Å². The van der Waals surface area contributed by atoms with Crippen molar-refractivity contribution in [3.05, 3.63) is 11.1 Å². The Morgan fingerprint density at radius 1 is 1.45 bits per heavy atom. The summed E-state index contributed by atoms with van der Waals surface area (Å²) in [5.74, 6) is -0.205. The summed E-state index contributed by atoms with van der Waals surface area (Å²) in [5, 5.41) is 22.5. The van der Waals surface area contributed by atoms with Crippen LogP contribution in [0.2, 0.25) is 0 Å². The van der Waals surface area contributed by atoms with Crippen LogP contribution in [-0.4, -0.2) is 23.7 Å². The molecule has 0 atom stereocenters. The molecular weight excluding hydrogens is 302 g/mol. The summed E-state index contributed by atoms with van der Waals surface area (Å²) in [6, 6.07) is 2.12. The number of hydrogen-bond acceptors (Lipinski definition) is 4. The van der Waals surface area contributed by atoms with E-state index in [1.54, 1.807) is 0 Å². The Bertz CT molecular complexity index is 629. The van der Waals surface area contributed by atoms with Gasteiger partial charge in [-0.2, -0.15) is 5.26 Å². The molecule has 2 N–H and O–H groups in total. The molecule has 0 saturated carbocycles. The minimum Gasteiger partial charge on any atom is -0.465 e. The number of nitriles is 1. The molecule has 0 aromatic carbocycles. The van der Waals surface area contributed by atoms with E-state index in [1.807, 2.05) is 13.8 Å². The maximum Gasteiger partial charge on any atom is 0.412 e. The molecule has 1 aromatic rings. The second-order valence-corrected chi connectivity index (χ2v) is 6.24. The Balaban J connectivity index is 2.36. The smallest absolute Gasteiger partial charge is 0.412 e. The fraction of sp³-hybridized carbons (Fsp3) is 0.533. The van der Waals surface area contributed by atoms with Crippen LogP contribution in [0.3, 0.4) is 0 Å². The van der Waals surface area contributed by atoms with Gasteiger partial charge in [0.15, 0.2) is 0 Å². The topological polar surface area (TPSA) is 93.4 Å². The number of carbonyl (C=O) groups is 2. The fourth-order valence-electron chi connectivity index (χ4n) is 2.68. The number of carbonyl (C=O) groups excluding carboxylic acids is 1. The number of anilines is 2. The van der Waals surface area contributed by atoms with E-state index in [-0.39, 0.29) is 11.8 Å². The Morgan fingerprint density at radius 2 is 2.14 bits per heavy atom. The van der Waals surface area contributed by atoms with Crippen LogP contribution in [0.1, 0.15) is 44.2 Å². The van der Waals surface area contributed by atoms with Gasteiger partial charge in [0.2, 0.25) is 5.91 Å². The number of amides is 2. The van der Waals surface area contributed by atoms with Gasteiger partial charge in [-0.15, -0.1) is 0 Å². The second-order valence-electron chi connectivity index (χ2n) is 5.24. The lowest BCUT2D eigenvalue weighted by molar-refractivity contribution is -0.120. The van der Waals surface area contributed by atoms with E-state index in [0.29, 0.717) is 35.0 Å². The lowest BCUT2D eigenvalue weighted by Gasteiger charge is -2.23. The van der Waals surface area contributed by atoms with E-state index in [1.165, 1.54) is 16.2 Å².